The molecule has 0 aliphatic heterocycles. The van der Waals surface area contributed by atoms with Gasteiger partial charge in [-0.15, -0.1) is 0 Å². The largest absolute Gasteiger partial charge is 0.481 e. The number of aliphatic carboxylic acids is 1. The van der Waals surface area contributed by atoms with Crippen molar-refractivity contribution in [2.24, 2.45) is 5.92 Å². The fourth-order valence-electron chi connectivity index (χ4n) is 0.815. The lowest BCUT2D eigenvalue weighted by Crippen LogP contribution is -2.21. The number of carboxylic acid groups (broad SMARTS) is 1. The maximum Gasteiger partial charge on any atom is 0.306 e. The predicted molar refractivity (Wildman–Crippen MR) is 36.6 cm³/mol. The van der Waals surface area contributed by atoms with Crippen molar-refractivity contribution in [1.82, 2.24) is 0 Å². The molecule has 10 heavy (non-hydrogen) atoms. The lowest BCUT2D eigenvalue weighted by Gasteiger charge is -2.15. The van der Waals surface area contributed by atoms with Crippen molar-refractivity contribution in [1.29, 1.82) is 0 Å². The molecule has 0 aliphatic carbocycles. The molecule has 0 spiro atoms. The molecule has 0 aliphatic rings. The summed E-state index contributed by atoms with van der Waals surface area (Å²) in [4.78, 5) is 10.2. The summed E-state index contributed by atoms with van der Waals surface area (Å²) in [7, 11) is 0. The SMILES string of the molecule is C[C@@H](CC(C)(C)F)C(=O)O. The van der Waals surface area contributed by atoms with Crippen molar-refractivity contribution in [3.63, 3.8) is 0 Å². The summed E-state index contributed by atoms with van der Waals surface area (Å²) in [5, 5.41) is 8.38. The maximum absolute atomic E-state index is 12.7. The van der Waals surface area contributed by atoms with Crippen LogP contribution in [0.5, 0.6) is 0 Å². The van der Waals surface area contributed by atoms with E-state index in [0.29, 0.717) is 0 Å². The predicted octanol–water partition coefficient (Wildman–Crippen LogP) is 1.85. The third kappa shape index (κ3) is 4.30. The van der Waals surface area contributed by atoms with Gasteiger partial charge in [-0.05, 0) is 20.3 Å². The minimum atomic E-state index is -1.38. The fourth-order valence-corrected chi connectivity index (χ4v) is 0.815. The van der Waals surface area contributed by atoms with E-state index in [1.807, 2.05) is 0 Å². The van der Waals surface area contributed by atoms with Gasteiger partial charge in [-0.2, -0.15) is 0 Å². The molecular weight excluding hydrogens is 135 g/mol. The van der Waals surface area contributed by atoms with Gasteiger partial charge < -0.3 is 5.11 Å². The molecule has 0 aromatic rings. The fraction of sp³-hybridized carbons (Fsp3) is 0.857. The standard InChI is InChI=1S/C7H13FO2/c1-5(6(9)10)4-7(2,3)8/h5H,4H2,1-3H3,(H,9,10)/t5-/m0/s1. The Balaban J connectivity index is 3.80. The third-order valence-corrected chi connectivity index (χ3v) is 1.21. The summed E-state index contributed by atoms with van der Waals surface area (Å²) in [6.45, 7) is 4.27. The van der Waals surface area contributed by atoms with Gasteiger partial charge in [-0.1, -0.05) is 6.92 Å². The minimum absolute atomic E-state index is 0.0718. The van der Waals surface area contributed by atoms with Crippen LogP contribution in [0, 0.1) is 5.92 Å². The van der Waals surface area contributed by atoms with Gasteiger partial charge in [0.15, 0.2) is 0 Å². The summed E-state index contributed by atoms with van der Waals surface area (Å²) >= 11 is 0. The van der Waals surface area contributed by atoms with Crippen LogP contribution in [0.3, 0.4) is 0 Å². The van der Waals surface area contributed by atoms with Crippen molar-refractivity contribution >= 4 is 5.97 Å². The van der Waals surface area contributed by atoms with E-state index >= 15 is 0 Å². The molecule has 1 atom stereocenters. The van der Waals surface area contributed by atoms with Crippen LogP contribution >= 0.6 is 0 Å². The van der Waals surface area contributed by atoms with E-state index in [1.54, 1.807) is 0 Å². The highest BCUT2D eigenvalue weighted by Crippen LogP contribution is 2.19. The Labute approximate surface area is 60.1 Å². The lowest BCUT2D eigenvalue weighted by atomic mass is 9.97. The zero-order valence-corrected chi connectivity index (χ0v) is 6.52. The second kappa shape index (κ2) is 2.99. The molecule has 0 radical (unpaired) electrons. The molecule has 0 saturated heterocycles. The van der Waals surface area contributed by atoms with Gasteiger partial charge in [0.1, 0.15) is 5.67 Å². The maximum atomic E-state index is 12.7. The molecule has 0 aromatic carbocycles. The molecule has 0 rings (SSSR count). The van der Waals surface area contributed by atoms with Gasteiger partial charge in [0.05, 0.1) is 5.92 Å². The molecule has 1 N–H and O–H groups in total. The normalized spacial score (nSPS) is 14.8. The third-order valence-electron chi connectivity index (χ3n) is 1.21. The van der Waals surface area contributed by atoms with Crippen molar-refractivity contribution in [2.45, 2.75) is 32.9 Å². The van der Waals surface area contributed by atoms with E-state index in [0.717, 1.165) is 0 Å². The first kappa shape index (κ1) is 9.40. The highest BCUT2D eigenvalue weighted by Gasteiger charge is 2.23. The van der Waals surface area contributed by atoms with Crippen LogP contribution in [-0.2, 0) is 4.79 Å². The number of hydrogen-bond acceptors (Lipinski definition) is 1. The highest BCUT2D eigenvalue weighted by molar-refractivity contribution is 5.69. The number of hydrogen-bond donors (Lipinski definition) is 1. The topological polar surface area (TPSA) is 37.3 Å². The Bertz CT molecular complexity index is 126. The van der Waals surface area contributed by atoms with Crippen LogP contribution in [0.4, 0.5) is 4.39 Å². The smallest absolute Gasteiger partial charge is 0.306 e. The van der Waals surface area contributed by atoms with E-state index in [1.165, 1.54) is 20.8 Å². The van der Waals surface area contributed by atoms with Gasteiger partial charge in [-0.3, -0.25) is 4.79 Å². The molecule has 0 saturated carbocycles. The van der Waals surface area contributed by atoms with Crippen LogP contribution in [-0.4, -0.2) is 16.7 Å². The Morgan fingerprint density at radius 1 is 1.70 bits per heavy atom. The van der Waals surface area contributed by atoms with Crippen molar-refractivity contribution in [2.75, 3.05) is 0 Å². The lowest BCUT2D eigenvalue weighted by molar-refractivity contribution is -0.142. The Kier molecular flexibility index (Phi) is 2.81. The van der Waals surface area contributed by atoms with Gasteiger partial charge in [0.2, 0.25) is 0 Å². The van der Waals surface area contributed by atoms with Crippen LogP contribution in [0.2, 0.25) is 0 Å². The molecule has 0 aromatic heterocycles. The van der Waals surface area contributed by atoms with Gasteiger partial charge in [-0.25, -0.2) is 4.39 Å². The number of alkyl halides is 1. The highest BCUT2D eigenvalue weighted by atomic mass is 19.1. The molecule has 3 heteroatoms. The van der Waals surface area contributed by atoms with Crippen LogP contribution < -0.4 is 0 Å². The van der Waals surface area contributed by atoms with E-state index < -0.39 is 17.6 Å². The molecule has 60 valence electrons. The van der Waals surface area contributed by atoms with Crippen LogP contribution in [0.1, 0.15) is 27.2 Å². The molecule has 0 amide bonds. The Morgan fingerprint density at radius 2 is 2.10 bits per heavy atom. The molecule has 2 nitrogen and oxygen atoms in total. The van der Waals surface area contributed by atoms with E-state index in [4.69, 9.17) is 5.11 Å². The summed E-state index contributed by atoms with van der Waals surface area (Å²) in [6, 6.07) is 0. The van der Waals surface area contributed by atoms with E-state index in [9.17, 15) is 9.18 Å². The Morgan fingerprint density at radius 3 is 2.20 bits per heavy atom. The summed E-state index contributed by atoms with van der Waals surface area (Å²) in [5.41, 5.74) is -1.38. The quantitative estimate of drug-likeness (QED) is 0.663. The van der Waals surface area contributed by atoms with E-state index in [-0.39, 0.29) is 6.42 Å². The number of halogens is 1. The first-order valence-corrected chi connectivity index (χ1v) is 3.24. The molecule has 0 bridgehead atoms. The molecular formula is C7H13FO2. The second-order valence-electron chi connectivity index (χ2n) is 3.16. The van der Waals surface area contributed by atoms with Gasteiger partial charge >= 0.3 is 5.97 Å². The van der Waals surface area contributed by atoms with Crippen molar-refractivity contribution < 1.29 is 14.3 Å². The summed E-state index contributed by atoms with van der Waals surface area (Å²) in [5.74, 6) is -1.54. The van der Waals surface area contributed by atoms with E-state index in [2.05, 4.69) is 0 Å². The van der Waals surface area contributed by atoms with Gasteiger partial charge in [0.25, 0.3) is 0 Å². The first-order chi connectivity index (χ1) is 4.33. The number of carbonyl (C=O) groups is 1. The first-order valence-electron chi connectivity index (χ1n) is 3.24. The minimum Gasteiger partial charge on any atom is -0.481 e. The summed E-state index contributed by atoms with van der Waals surface area (Å²) < 4.78 is 12.7. The molecule has 0 unspecified atom stereocenters. The monoisotopic (exact) mass is 148 g/mol. The summed E-state index contributed by atoms with van der Waals surface area (Å²) in [6.07, 6.45) is 0.0718. The zero-order valence-electron chi connectivity index (χ0n) is 6.52. The van der Waals surface area contributed by atoms with Crippen molar-refractivity contribution in [3.8, 4) is 0 Å². The average molecular weight is 148 g/mol. The van der Waals surface area contributed by atoms with Crippen molar-refractivity contribution in [3.05, 3.63) is 0 Å². The molecule has 0 fully saturated rings. The number of carboxylic acids is 1. The van der Waals surface area contributed by atoms with Crippen LogP contribution in [0.15, 0.2) is 0 Å². The second-order valence-corrected chi connectivity index (χ2v) is 3.16. The number of rotatable bonds is 3. The average Bonchev–Trinajstić information content (AvgIpc) is 1.60. The Hall–Kier alpha value is -0.600. The van der Waals surface area contributed by atoms with Crippen LogP contribution in [0.25, 0.3) is 0 Å². The zero-order chi connectivity index (χ0) is 8.36. The molecule has 0 heterocycles. The van der Waals surface area contributed by atoms with Gasteiger partial charge in [0, 0.05) is 0 Å².